The molecule has 2 aromatic rings. The summed E-state index contributed by atoms with van der Waals surface area (Å²) in [7, 11) is 0. The summed E-state index contributed by atoms with van der Waals surface area (Å²) in [4.78, 5) is 77.5. The lowest BCUT2D eigenvalue weighted by atomic mass is 9.98. The first-order valence-electron chi connectivity index (χ1n) is 15.7. The van der Waals surface area contributed by atoms with Crippen LogP contribution < -0.4 is 32.3 Å². The van der Waals surface area contributed by atoms with Gasteiger partial charge < -0.3 is 37.4 Å². The van der Waals surface area contributed by atoms with Crippen LogP contribution in [-0.2, 0) is 41.6 Å². The molecule has 0 radical (unpaired) electrons. The highest BCUT2D eigenvalue weighted by molar-refractivity contribution is 5.96. The Morgan fingerprint density at radius 2 is 1.06 bits per heavy atom. The number of rotatable bonds is 18. The molecule has 0 aliphatic heterocycles. The molecule has 0 aromatic heterocycles. The Balaban J connectivity index is 2.35. The Labute approximate surface area is 275 Å². The van der Waals surface area contributed by atoms with Crippen molar-refractivity contribution in [3.63, 3.8) is 0 Å². The number of aliphatic hydroxyl groups is 1. The van der Waals surface area contributed by atoms with Crippen LogP contribution in [0.15, 0.2) is 60.7 Å². The smallest absolute Gasteiger partial charge is 0.246 e. The highest BCUT2D eigenvalue weighted by Crippen LogP contribution is 2.11. The fourth-order valence-electron chi connectivity index (χ4n) is 4.81. The number of nitrogens with two attached hydrogens (primary N) is 1. The Kier molecular flexibility index (Phi) is 15.5. The lowest BCUT2D eigenvalue weighted by Gasteiger charge is -2.28. The van der Waals surface area contributed by atoms with Crippen molar-refractivity contribution in [3.8, 4) is 0 Å². The SMILES string of the molecule is CC(C)C[C@@H](NC(=O)[C@H](NC(=O)[C@@H](Cc1ccccc1)NC(=O)[C@@H](Cc1ccccc1)NC(=O)[C@@H](C)NC(=O)CO)C(C)C)C(N)=O. The van der Waals surface area contributed by atoms with Crippen molar-refractivity contribution in [2.24, 2.45) is 17.6 Å². The molecule has 0 spiro atoms. The number of amides is 6. The Morgan fingerprint density at radius 3 is 1.49 bits per heavy atom. The minimum Gasteiger partial charge on any atom is -0.387 e. The van der Waals surface area contributed by atoms with E-state index < -0.39 is 72.3 Å². The van der Waals surface area contributed by atoms with Crippen molar-refractivity contribution in [2.45, 2.75) is 84.1 Å². The molecule has 8 N–H and O–H groups in total. The first-order valence-corrected chi connectivity index (χ1v) is 15.7. The second-order valence-corrected chi connectivity index (χ2v) is 12.3. The monoisotopic (exact) mass is 652 g/mol. The largest absolute Gasteiger partial charge is 0.387 e. The van der Waals surface area contributed by atoms with Gasteiger partial charge >= 0.3 is 0 Å². The second-order valence-electron chi connectivity index (χ2n) is 12.3. The topological polar surface area (TPSA) is 209 Å². The van der Waals surface area contributed by atoms with Crippen LogP contribution in [0.25, 0.3) is 0 Å². The van der Waals surface area contributed by atoms with Gasteiger partial charge in [0.05, 0.1) is 0 Å². The van der Waals surface area contributed by atoms with Gasteiger partial charge in [-0.15, -0.1) is 0 Å². The molecule has 13 heteroatoms. The minimum atomic E-state index is -1.16. The molecule has 0 saturated heterocycles. The fourth-order valence-corrected chi connectivity index (χ4v) is 4.81. The van der Waals surface area contributed by atoms with Crippen molar-refractivity contribution in [1.29, 1.82) is 0 Å². The number of hydrogen-bond acceptors (Lipinski definition) is 7. The van der Waals surface area contributed by atoms with E-state index in [4.69, 9.17) is 10.8 Å². The predicted octanol–water partition coefficient (Wildman–Crippen LogP) is 0.0954. The van der Waals surface area contributed by atoms with Crippen molar-refractivity contribution < 1.29 is 33.9 Å². The molecule has 0 saturated carbocycles. The van der Waals surface area contributed by atoms with Gasteiger partial charge in [0.15, 0.2) is 0 Å². The van der Waals surface area contributed by atoms with E-state index in [1.807, 2.05) is 19.9 Å². The first kappa shape index (κ1) is 38.4. The van der Waals surface area contributed by atoms with E-state index in [1.165, 1.54) is 6.92 Å². The highest BCUT2D eigenvalue weighted by Gasteiger charge is 2.33. The standard InChI is InChI=1S/C34H48N6O7/c1-20(2)16-25(30(35)43)37-34(47)29(21(3)4)40-33(46)27(18-24-14-10-7-11-15-24)39-32(45)26(17-23-12-8-6-9-13-23)38-31(44)22(5)36-28(42)19-41/h6-15,20-22,25-27,29,41H,16-19H2,1-5H3,(H2,35,43)(H,36,42)(H,37,47)(H,38,44)(H,39,45)(H,40,46)/t22-,25-,26-,27-,29-/m1/s1. The number of carbonyl (C=O) groups excluding carboxylic acids is 6. The molecule has 2 rings (SSSR count). The molecule has 6 amide bonds. The molecule has 0 heterocycles. The van der Waals surface area contributed by atoms with Gasteiger partial charge in [-0.05, 0) is 36.3 Å². The van der Waals surface area contributed by atoms with Gasteiger partial charge in [-0.25, -0.2) is 0 Å². The molecule has 0 bridgehead atoms. The summed E-state index contributed by atoms with van der Waals surface area (Å²) in [6.07, 6.45) is 0.459. The van der Waals surface area contributed by atoms with Crippen LogP contribution in [-0.4, -0.2) is 77.4 Å². The van der Waals surface area contributed by atoms with Gasteiger partial charge in [0, 0.05) is 12.8 Å². The Hall–Kier alpha value is -4.78. The quantitative estimate of drug-likeness (QED) is 0.118. The zero-order valence-electron chi connectivity index (χ0n) is 27.6. The average molecular weight is 653 g/mol. The van der Waals surface area contributed by atoms with Gasteiger partial charge in [0.1, 0.15) is 36.8 Å². The maximum atomic E-state index is 13.8. The molecule has 2 aromatic carbocycles. The van der Waals surface area contributed by atoms with Gasteiger partial charge in [-0.2, -0.15) is 0 Å². The summed E-state index contributed by atoms with van der Waals surface area (Å²) in [5.41, 5.74) is 6.97. The third-order valence-corrected chi connectivity index (χ3v) is 7.36. The van der Waals surface area contributed by atoms with Crippen LogP contribution in [0, 0.1) is 11.8 Å². The van der Waals surface area contributed by atoms with Crippen molar-refractivity contribution in [1.82, 2.24) is 26.6 Å². The summed E-state index contributed by atoms with van der Waals surface area (Å²) in [5, 5.41) is 22.2. The lowest BCUT2D eigenvalue weighted by molar-refractivity contribution is -0.135. The van der Waals surface area contributed by atoms with Crippen LogP contribution >= 0.6 is 0 Å². The average Bonchev–Trinajstić information content (AvgIpc) is 3.02. The van der Waals surface area contributed by atoms with Crippen LogP contribution in [0.1, 0.15) is 52.2 Å². The third kappa shape index (κ3) is 13.2. The highest BCUT2D eigenvalue weighted by atomic mass is 16.3. The third-order valence-electron chi connectivity index (χ3n) is 7.36. The van der Waals surface area contributed by atoms with E-state index in [2.05, 4.69) is 26.6 Å². The summed E-state index contributed by atoms with van der Waals surface area (Å²) >= 11 is 0. The molecule has 0 fully saturated rings. The van der Waals surface area contributed by atoms with E-state index in [0.717, 1.165) is 11.1 Å². The van der Waals surface area contributed by atoms with Gasteiger partial charge in [-0.1, -0.05) is 88.4 Å². The zero-order valence-corrected chi connectivity index (χ0v) is 27.6. The number of hydrogen-bond donors (Lipinski definition) is 7. The molecule has 47 heavy (non-hydrogen) atoms. The van der Waals surface area contributed by atoms with E-state index in [0.29, 0.717) is 6.42 Å². The molecule has 5 atom stereocenters. The summed E-state index contributed by atoms with van der Waals surface area (Å²) in [5.74, 6) is -4.34. The fraction of sp³-hybridized carbons (Fsp3) is 0.471. The summed E-state index contributed by atoms with van der Waals surface area (Å²) in [6, 6.07) is 12.5. The van der Waals surface area contributed by atoms with Crippen molar-refractivity contribution in [3.05, 3.63) is 71.8 Å². The Bertz CT molecular complexity index is 1350. The van der Waals surface area contributed by atoms with Crippen LogP contribution in [0.2, 0.25) is 0 Å². The molecule has 256 valence electrons. The molecule has 0 aliphatic rings. The molecule has 13 nitrogen and oxygen atoms in total. The number of benzene rings is 2. The van der Waals surface area contributed by atoms with Gasteiger partial charge in [0.25, 0.3) is 0 Å². The Morgan fingerprint density at radius 1 is 0.617 bits per heavy atom. The number of primary amides is 1. The van der Waals surface area contributed by atoms with Crippen molar-refractivity contribution in [2.75, 3.05) is 6.61 Å². The normalized spacial score (nSPS) is 14.2. The van der Waals surface area contributed by atoms with E-state index in [9.17, 15) is 28.8 Å². The van der Waals surface area contributed by atoms with Crippen LogP contribution in [0.3, 0.4) is 0 Å². The van der Waals surface area contributed by atoms with E-state index in [-0.39, 0.29) is 24.7 Å². The molecule has 0 aliphatic carbocycles. The number of carbonyl (C=O) groups is 6. The van der Waals surface area contributed by atoms with Crippen molar-refractivity contribution >= 4 is 35.4 Å². The van der Waals surface area contributed by atoms with Gasteiger partial charge in [-0.3, -0.25) is 28.8 Å². The zero-order chi connectivity index (χ0) is 35.1. The lowest BCUT2D eigenvalue weighted by Crippen LogP contribution is -2.60. The van der Waals surface area contributed by atoms with Gasteiger partial charge in [0.2, 0.25) is 35.4 Å². The maximum absolute atomic E-state index is 13.8. The first-order chi connectivity index (χ1) is 22.2. The maximum Gasteiger partial charge on any atom is 0.246 e. The number of nitrogens with one attached hydrogen (secondary N) is 5. The summed E-state index contributed by atoms with van der Waals surface area (Å²) < 4.78 is 0. The molecular formula is C34H48N6O7. The second kappa shape index (κ2) is 19.0. The van der Waals surface area contributed by atoms with E-state index in [1.54, 1.807) is 68.4 Å². The predicted molar refractivity (Wildman–Crippen MR) is 176 cm³/mol. The minimum absolute atomic E-state index is 0.0665. The van der Waals surface area contributed by atoms with Crippen LogP contribution in [0.5, 0.6) is 0 Å². The molecular weight excluding hydrogens is 604 g/mol. The number of aliphatic hydroxyl groups excluding tert-OH is 1. The van der Waals surface area contributed by atoms with E-state index >= 15 is 0 Å². The summed E-state index contributed by atoms with van der Waals surface area (Å²) in [6.45, 7) is 7.85. The van der Waals surface area contributed by atoms with Crippen LogP contribution in [0.4, 0.5) is 0 Å². The molecule has 0 unspecified atom stereocenters.